The van der Waals surface area contributed by atoms with Crippen molar-refractivity contribution in [3.8, 4) is 6.07 Å². The van der Waals surface area contributed by atoms with Crippen molar-refractivity contribution in [1.82, 2.24) is 4.57 Å². The average Bonchev–Trinajstić information content (AvgIpc) is 3.02. The second-order valence-electron chi connectivity index (χ2n) is 4.56. The van der Waals surface area contributed by atoms with Crippen molar-refractivity contribution in [2.45, 2.75) is 38.0 Å². The zero-order valence-electron chi connectivity index (χ0n) is 10.0. The van der Waals surface area contributed by atoms with Crippen LogP contribution < -0.4 is 5.73 Å². The van der Waals surface area contributed by atoms with Gasteiger partial charge in [0.25, 0.3) is 0 Å². The third-order valence-electron chi connectivity index (χ3n) is 3.67. The predicted octanol–water partition coefficient (Wildman–Crippen LogP) is 2.45. The summed E-state index contributed by atoms with van der Waals surface area (Å²) in [6, 6.07) is 2.20. The normalized spacial score (nSPS) is 17.1. The van der Waals surface area contributed by atoms with E-state index in [4.69, 9.17) is 11.0 Å². The summed E-state index contributed by atoms with van der Waals surface area (Å²) in [6.07, 6.45) is 4.67. The van der Waals surface area contributed by atoms with Crippen LogP contribution in [-0.4, -0.2) is 15.6 Å². The molecule has 2 rings (SSSR count). The molecule has 16 heavy (non-hydrogen) atoms. The fourth-order valence-electron chi connectivity index (χ4n) is 2.09. The van der Waals surface area contributed by atoms with Crippen LogP contribution in [0.1, 0.15) is 29.7 Å². The smallest absolute Gasteiger partial charge is 0.122 e. The predicted molar refractivity (Wildman–Crippen MR) is 68.5 cm³/mol. The van der Waals surface area contributed by atoms with Gasteiger partial charge in [0, 0.05) is 17.0 Å². The Hall–Kier alpha value is -1.08. The van der Waals surface area contributed by atoms with Gasteiger partial charge in [-0.3, -0.25) is 0 Å². The number of hydrogen-bond acceptors (Lipinski definition) is 3. The van der Waals surface area contributed by atoms with E-state index in [1.165, 1.54) is 12.8 Å². The van der Waals surface area contributed by atoms with Gasteiger partial charge in [-0.2, -0.15) is 17.0 Å². The van der Waals surface area contributed by atoms with Gasteiger partial charge < -0.3 is 10.3 Å². The molecule has 1 fully saturated rings. The highest BCUT2D eigenvalue weighted by atomic mass is 32.2. The third kappa shape index (κ3) is 1.60. The average molecular weight is 235 g/mol. The lowest BCUT2D eigenvalue weighted by Crippen LogP contribution is -2.16. The van der Waals surface area contributed by atoms with E-state index < -0.39 is 0 Å². The van der Waals surface area contributed by atoms with E-state index in [-0.39, 0.29) is 0 Å². The highest BCUT2D eigenvalue weighted by Crippen LogP contribution is 2.49. The molecule has 2 N–H and O–H groups in total. The number of nitriles is 1. The van der Waals surface area contributed by atoms with Crippen LogP contribution in [0, 0.1) is 25.2 Å². The molecule has 1 saturated carbocycles. The Kier molecular flexibility index (Phi) is 2.67. The number of thioether (sulfide) groups is 1. The van der Waals surface area contributed by atoms with Crippen LogP contribution in [-0.2, 0) is 6.54 Å². The van der Waals surface area contributed by atoms with Crippen LogP contribution >= 0.6 is 11.8 Å². The topological polar surface area (TPSA) is 54.7 Å². The first-order valence-corrected chi connectivity index (χ1v) is 6.67. The monoisotopic (exact) mass is 235 g/mol. The second kappa shape index (κ2) is 3.74. The Morgan fingerprint density at radius 1 is 1.50 bits per heavy atom. The van der Waals surface area contributed by atoms with Crippen molar-refractivity contribution >= 4 is 17.6 Å². The van der Waals surface area contributed by atoms with E-state index in [0.717, 1.165) is 17.8 Å². The third-order valence-corrected chi connectivity index (χ3v) is 5.07. The fourth-order valence-corrected chi connectivity index (χ4v) is 2.86. The molecular formula is C12H17N3S. The van der Waals surface area contributed by atoms with Gasteiger partial charge in [-0.25, -0.2) is 0 Å². The zero-order valence-corrected chi connectivity index (χ0v) is 10.8. The van der Waals surface area contributed by atoms with Gasteiger partial charge in [0.15, 0.2) is 0 Å². The summed E-state index contributed by atoms with van der Waals surface area (Å²) in [5.41, 5.74) is 8.84. The molecule has 3 nitrogen and oxygen atoms in total. The number of hydrogen-bond donors (Lipinski definition) is 1. The fraction of sp³-hybridized carbons (Fsp3) is 0.583. The van der Waals surface area contributed by atoms with Gasteiger partial charge in [-0.1, -0.05) is 0 Å². The molecule has 0 spiro atoms. The van der Waals surface area contributed by atoms with Gasteiger partial charge in [-0.15, -0.1) is 0 Å². The quantitative estimate of drug-likeness (QED) is 0.875. The highest BCUT2D eigenvalue weighted by molar-refractivity contribution is 8.00. The summed E-state index contributed by atoms with van der Waals surface area (Å²) >= 11 is 1.91. The lowest BCUT2D eigenvalue weighted by molar-refractivity contribution is 0.655. The Labute approximate surface area is 101 Å². The lowest BCUT2D eigenvalue weighted by atomic mass is 10.2. The van der Waals surface area contributed by atoms with Crippen LogP contribution in [0.15, 0.2) is 0 Å². The number of rotatable bonds is 3. The van der Waals surface area contributed by atoms with Gasteiger partial charge in [0.1, 0.15) is 11.9 Å². The number of nitrogens with zero attached hydrogens (tertiary/aromatic N) is 2. The van der Waals surface area contributed by atoms with E-state index in [9.17, 15) is 0 Å². The van der Waals surface area contributed by atoms with Crippen LogP contribution in [0.3, 0.4) is 0 Å². The minimum absolute atomic E-state index is 0.372. The molecule has 0 unspecified atom stereocenters. The zero-order chi connectivity index (χ0) is 11.9. The Bertz CT molecular complexity index is 464. The number of aromatic nitrogens is 1. The molecule has 0 atom stereocenters. The van der Waals surface area contributed by atoms with Crippen LogP contribution in [0.2, 0.25) is 0 Å². The summed E-state index contributed by atoms with van der Waals surface area (Å²) in [5.74, 6) is 0.637. The lowest BCUT2D eigenvalue weighted by Gasteiger charge is -2.16. The molecule has 0 radical (unpaired) electrons. The summed E-state index contributed by atoms with van der Waals surface area (Å²) in [5, 5.41) is 9.06. The van der Waals surface area contributed by atoms with Crippen molar-refractivity contribution in [2.75, 3.05) is 12.0 Å². The molecule has 1 aromatic rings. The Balaban J connectivity index is 2.39. The maximum Gasteiger partial charge on any atom is 0.122 e. The van der Waals surface area contributed by atoms with E-state index in [0.29, 0.717) is 16.1 Å². The van der Waals surface area contributed by atoms with E-state index in [1.807, 2.05) is 25.6 Å². The van der Waals surface area contributed by atoms with Crippen LogP contribution in [0.25, 0.3) is 0 Å². The van der Waals surface area contributed by atoms with Crippen molar-refractivity contribution in [3.05, 3.63) is 16.8 Å². The first-order chi connectivity index (χ1) is 7.54. The molecule has 1 heterocycles. The molecule has 1 aliphatic rings. The van der Waals surface area contributed by atoms with Crippen molar-refractivity contribution in [1.29, 1.82) is 5.26 Å². The number of nitrogen functional groups attached to an aromatic ring is 1. The van der Waals surface area contributed by atoms with Gasteiger partial charge >= 0.3 is 0 Å². The largest absolute Gasteiger partial charge is 0.384 e. The van der Waals surface area contributed by atoms with E-state index >= 15 is 0 Å². The summed E-state index contributed by atoms with van der Waals surface area (Å²) in [6.45, 7) is 4.96. The van der Waals surface area contributed by atoms with Crippen molar-refractivity contribution in [3.63, 3.8) is 0 Å². The molecule has 0 aliphatic heterocycles. The highest BCUT2D eigenvalue weighted by Gasteiger charge is 2.42. The van der Waals surface area contributed by atoms with Gasteiger partial charge in [0.2, 0.25) is 0 Å². The standard InChI is InChI=1S/C12H17N3S/c1-8-9(2)15(11(14)10(8)6-13)7-12(16-3)4-5-12/h4-5,7,14H2,1-3H3. The van der Waals surface area contributed by atoms with Crippen molar-refractivity contribution in [2.24, 2.45) is 0 Å². The minimum atomic E-state index is 0.372. The maximum absolute atomic E-state index is 9.06. The SMILES string of the molecule is CSC1(Cn2c(C)c(C)c(C#N)c2N)CC1. The first kappa shape index (κ1) is 11.4. The van der Waals surface area contributed by atoms with Crippen molar-refractivity contribution < 1.29 is 0 Å². The van der Waals surface area contributed by atoms with E-state index in [2.05, 4.69) is 16.9 Å². The molecule has 0 aromatic carbocycles. The second-order valence-corrected chi connectivity index (χ2v) is 5.83. The molecule has 0 amide bonds. The molecule has 1 aromatic heterocycles. The van der Waals surface area contributed by atoms with Crippen LogP contribution in [0.5, 0.6) is 0 Å². The summed E-state index contributed by atoms with van der Waals surface area (Å²) in [7, 11) is 0. The summed E-state index contributed by atoms with van der Waals surface area (Å²) < 4.78 is 2.48. The van der Waals surface area contributed by atoms with Gasteiger partial charge in [0.05, 0.1) is 5.56 Å². The maximum atomic E-state index is 9.06. The molecule has 86 valence electrons. The molecule has 4 heteroatoms. The molecule has 0 saturated heterocycles. The first-order valence-electron chi connectivity index (χ1n) is 5.45. The number of nitrogens with two attached hydrogens (primary N) is 1. The minimum Gasteiger partial charge on any atom is -0.384 e. The molecule has 0 bridgehead atoms. The van der Waals surface area contributed by atoms with Gasteiger partial charge in [-0.05, 0) is 38.5 Å². The Morgan fingerprint density at radius 3 is 2.50 bits per heavy atom. The van der Waals surface area contributed by atoms with Crippen LogP contribution in [0.4, 0.5) is 5.82 Å². The number of anilines is 1. The summed E-state index contributed by atoms with van der Waals surface area (Å²) in [4.78, 5) is 0. The Morgan fingerprint density at radius 2 is 2.12 bits per heavy atom. The molecular weight excluding hydrogens is 218 g/mol. The molecule has 1 aliphatic carbocycles. The van der Waals surface area contributed by atoms with E-state index in [1.54, 1.807) is 0 Å².